The van der Waals surface area contributed by atoms with E-state index in [-0.39, 0.29) is 0 Å². The van der Waals surface area contributed by atoms with Crippen molar-refractivity contribution in [3.8, 4) is 0 Å². The van der Waals surface area contributed by atoms with Crippen LogP contribution in [0.3, 0.4) is 0 Å². The molecule has 0 aliphatic heterocycles. The van der Waals surface area contributed by atoms with Crippen LogP contribution in [-0.4, -0.2) is 17.2 Å². The van der Waals surface area contributed by atoms with Crippen LogP contribution in [0.25, 0.3) is 0 Å². The maximum absolute atomic E-state index is 7.00. The van der Waals surface area contributed by atoms with Crippen LogP contribution in [0.2, 0.25) is 0 Å². The SMILES string of the molecule is CO.Cc1ccc(N)c(C)n1. The van der Waals surface area contributed by atoms with Crippen molar-refractivity contribution in [3.05, 3.63) is 23.5 Å². The Hall–Kier alpha value is -1.09. The lowest BCUT2D eigenvalue weighted by Gasteiger charge is -1.97. The number of nitrogens with two attached hydrogens (primary N) is 1. The molecule has 0 aliphatic carbocycles. The molecule has 0 bridgehead atoms. The zero-order valence-electron chi connectivity index (χ0n) is 7.13. The first-order chi connectivity index (χ1) is 5.20. The molecule has 11 heavy (non-hydrogen) atoms. The van der Waals surface area contributed by atoms with Crippen molar-refractivity contribution in [2.45, 2.75) is 13.8 Å². The Kier molecular flexibility index (Phi) is 4.22. The predicted octanol–water partition coefficient (Wildman–Crippen LogP) is 0.889. The van der Waals surface area contributed by atoms with Gasteiger partial charge < -0.3 is 10.8 Å². The van der Waals surface area contributed by atoms with E-state index in [0.29, 0.717) is 0 Å². The van der Waals surface area contributed by atoms with Gasteiger partial charge in [0.05, 0.1) is 11.4 Å². The number of hydrogen-bond donors (Lipinski definition) is 2. The van der Waals surface area contributed by atoms with Gasteiger partial charge in [-0.05, 0) is 26.0 Å². The average Bonchev–Trinajstić information content (AvgIpc) is 2.02. The van der Waals surface area contributed by atoms with Gasteiger partial charge in [0.2, 0.25) is 0 Å². The molecule has 0 amide bonds. The molecule has 0 aromatic carbocycles. The summed E-state index contributed by atoms with van der Waals surface area (Å²) in [6.45, 7) is 3.86. The lowest BCUT2D eigenvalue weighted by Crippen LogP contribution is -1.93. The van der Waals surface area contributed by atoms with Crippen LogP contribution in [0.1, 0.15) is 11.4 Å². The van der Waals surface area contributed by atoms with E-state index in [1.807, 2.05) is 26.0 Å². The van der Waals surface area contributed by atoms with Crippen molar-refractivity contribution in [3.63, 3.8) is 0 Å². The number of rotatable bonds is 0. The quantitative estimate of drug-likeness (QED) is 0.583. The van der Waals surface area contributed by atoms with Gasteiger partial charge in [0.15, 0.2) is 0 Å². The predicted molar refractivity (Wildman–Crippen MR) is 46.3 cm³/mol. The second-order valence-corrected chi connectivity index (χ2v) is 2.13. The molecule has 0 radical (unpaired) electrons. The van der Waals surface area contributed by atoms with Gasteiger partial charge in [0, 0.05) is 12.8 Å². The normalized spacial score (nSPS) is 8.36. The number of aryl methyl sites for hydroxylation is 2. The van der Waals surface area contributed by atoms with Gasteiger partial charge in [0.1, 0.15) is 0 Å². The zero-order chi connectivity index (χ0) is 8.85. The number of aliphatic hydroxyl groups excluding tert-OH is 1. The highest BCUT2D eigenvalue weighted by Crippen LogP contribution is 2.06. The van der Waals surface area contributed by atoms with Crippen molar-refractivity contribution in [2.75, 3.05) is 12.8 Å². The number of aromatic nitrogens is 1. The van der Waals surface area contributed by atoms with Crippen LogP contribution in [0.5, 0.6) is 0 Å². The molecule has 0 fully saturated rings. The smallest absolute Gasteiger partial charge is 0.0604 e. The summed E-state index contributed by atoms with van der Waals surface area (Å²) >= 11 is 0. The van der Waals surface area contributed by atoms with Crippen LogP contribution >= 0.6 is 0 Å². The van der Waals surface area contributed by atoms with E-state index >= 15 is 0 Å². The number of nitrogens with zero attached hydrogens (tertiary/aromatic N) is 1. The summed E-state index contributed by atoms with van der Waals surface area (Å²) in [4.78, 5) is 4.15. The molecule has 1 heterocycles. The highest BCUT2D eigenvalue weighted by atomic mass is 16.2. The fourth-order valence-corrected chi connectivity index (χ4v) is 0.697. The molecule has 1 aromatic heterocycles. The van der Waals surface area contributed by atoms with Gasteiger partial charge >= 0.3 is 0 Å². The van der Waals surface area contributed by atoms with Crippen molar-refractivity contribution in [1.29, 1.82) is 0 Å². The number of nitrogen functional groups attached to an aromatic ring is 1. The van der Waals surface area contributed by atoms with E-state index in [2.05, 4.69) is 4.98 Å². The molecule has 0 aliphatic rings. The molecular formula is C8H14N2O. The van der Waals surface area contributed by atoms with Crippen molar-refractivity contribution < 1.29 is 5.11 Å². The number of hydrogen-bond acceptors (Lipinski definition) is 3. The highest BCUT2D eigenvalue weighted by molar-refractivity contribution is 5.41. The van der Waals surface area contributed by atoms with Gasteiger partial charge in [-0.15, -0.1) is 0 Å². The number of pyridine rings is 1. The maximum Gasteiger partial charge on any atom is 0.0604 e. The molecule has 3 nitrogen and oxygen atoms in total. The van der Waals surface area contributed by atoms with Gasteiger partial charge in [-0.1, -0.05) is 0 Å². The van der Waals surface area contributed by atoms with E-state index in [0.717, 1.165) is 24.2 Å². The van der Waals surface area contributed by atoms with E-state index in [1.165, 1.54) is 0 Å². The number of anilines is 1. The fourth-order valence-electron chi connectivity index (χ4n) is 0.697. The first-order valence-electron chi connectivity index (χ1n) is 3.34. The van der Waals surface area contributed by atoms with Crippen molar-refractivity contribution in [1.82, 2.24) is 4.98 Å². The Balaban J connectivity index is 0.000000461. The van der Waals surface area contributed by atoms with E-state index in [4.69, 9.17) is 10.8 Å². The first kappa shape index (κ1) is 9.91. The largest absolute Gasteiger partial charge is 0.400 e. The summed E-state index contributed by atoms with van der Waals surface area (Å²) in [7, 11) is 1.00. The van der Waals surface area contributed by atoms with Crippen LogP contribution in [0.4, 0.5) is 5.69 Å². The van der Waals surface area contributed by atoms with Crippen LogP contribution in [0, 0.1) is 13.8 Å². The monoisotopic (exact) mass is 154 g/mol. The molecule has 0 unspecified atom stereocenters. The Bertz CT molecular complexity index is 223. The van der Waals surface area contributed by atoms with Gasteiger partial charge in [0.25, 0.3) is 0 Å². The van der Waals surface area contributed by atoms with Crippen molar-refractivity contribution >= 4 is 5.69 Å². The summed E-state index contributed by atoms with van der Waals surface area (Å²) in [5, 5.41) is 7.00. The Morgan fingerprint density at radius 2 is 1.82 bits per heavy atom. The molecule has 62 valence electrons. The molecule has 0 saturated carbocycles. The Morgan fingerprint density at radius 3 is 2.18 bits per heavy atom. The van der Waals surface area contributed by atoms with E-state index < -0.39 is 0 Å². The van der Waals surface area contributed by atoms with Crippen LogP contribution in [0.15, 0.2) is 12.1 Å². The molecule has 1 aromatic rings. The van der Waals surface area contributed by atoms with Crippen LogP contribution < -0.4 is 5.73 Å². The third-order valence-electron chi connectivity index (χ3n) is 1.27. The second-order valence-electron chi connectivity index (χ2n) is 2.13. The third kappa shape index (κ3) is 3.00. The summed E-state index contributed by atoms with van der Waals surface area (Å²) < 4.78 is 0. The third-order valence-corrected chi connectivity index (χ3v) is 1.27. The summed E-state index contributed by atoms with van der Waals surface area (Å²) in [5.74, 6) is 0. The minimum absolute atomic E-state index is 0.764. The summed E-state index contributed by atoms with van der Waals surface area (Å²) in [6.07, 6.45) is 0. The summed E-state index contributed by atoms with van der Waals surface area (Å²) in [6, 6.07) is 3.78. The van der Waals surface area contributed by atoms with Crippen LogP contribution in [-0.2, 0) is 0 Å². The standard InChI is InChI=1S/C7H10N2.CH4O/c1-5-3-4-7(8)6(2)9-5;1-2/h3-4H,8H2,1-2H3;2H,1H3. The molecule has 3 heteroatoms. The topological polar surface area (TPSA) is 59.1 Å². The molecular weight excluding hydrogens is 140 g/mol. The summed E-state index contributed by atoms with van der Waals surface area (Å²) in [5.41, 5.74) is 8.22. The maximum atomic E-state index is 7.00. The minimum Gasteiger partial charge on any atom is -0.400 e. The molecule has 0 spiro atoms. The zero-order valence-corrected chi connectivity index (χ0v) is 7.13. The Labute approximate surface area is 66.9 Å². The van der Waals surface area contributed by atoms with E-state index in [9.17, 15) is 0 Å². The lowest BCUT2D eigenvalue weighted by molar-refractivity contribution is 0.399. The van der Waals surface area contributed by atoms with E-state index in [1.54, 1.807) is 0 Å². The average molecular weight is 154 g/mol. The molecule has 0 saturated heterocycles. The molecule has 3 N–H and O–H groups in total. The Morgan fingerprint density at radius 1 is 1.27 bits per heavy atom. The van der Waals surface area contributed by atoms with Gasteiger partial charge in [-0.3, -0.25) is 4.98 Å². The van der Waals surface area contributed by atoms with Gasteiger partial charge in [-0.25, -0.2) is 0 Å². The second kappa shape index (κ2) is 4.68. The highest BCUT2D eigenvalue weighted by Gasteiger charge is 1.91. The van der Waals surface area contributed by atoms with Crippen molar-refractivity contribution in [2.24, 2.45) is 0 Å². The molecule has 0 atom stereocenters. The fraction of sp³-hybridized carbons (Fsp3) is 0.375. The lowest BCUT2D eigenvalue weighted by atomic mass is 10.3. The molecule has 1 rings (SSSR count). The minimum atomic E-state index is 0.764. The number of aliphatic hydroxyl groups is 1. The first-order valence-corrected chi connectivity index (χ1v) is 3.34. The van der Waals surface area contributed by atoms with Gasteiger partial charge in [-0.2, -0.15) is 0 Å².